The number of guanidine groups is 1. The van der Waals surface area contributed by atoms with E-state index in [2.05, 4.69) is 25.9 Å². The van der Waals surface area contributed by atoms with Gasteiger partial charge in [0.25, 0.3) is 0 Å². The highest BCUT2D eigenvalue weighted by molar-refractivity contribution is 5.98. The third-order valence-electron chi connectivity index (χ3n) is 6.64. The maximum absolute atomic E-state index is 13.7. The molecule has 260 valence electrons. The normalized spacial score (nSPS) is 15.9. The Morgan fingerprint density at radius 3 is 2.00 bits per heavy atom. The van der Waals surface area contributed by atoms with Gasteiger partial charge in [-0.15, -0.1) is 10.1 Å². The number of rotatable bonds is 8. The van der Waals surface area contributed by atoms with Gasteiger partial charge >= 0.3 is 18.3 Å². The molecular formula is C31H54N8O7. The van der Waals surface area contributed by atoms with Crippen LogP contribution in [0.5, 0.6) is 0 Å². The van der Waals surface area contributed by atoms with Gasteiger partial charge in [0.2, 0.25) is 11.9 Å². The van der Waals surface area contributed by atoms with E-state index in [1.165, 1.54) is 0 Å². The van der Waals surface area contributed by atoms with Gasteiger partial charge in [-0.2, -0.15) is 0 Å². The number of amides is 4. The van der Waals surface area contributed by atoms with Gasteiger partial charge in [0, 0.05) is 38.9 Å². The predicted molar refractivity (Wildman–Crippen MR) is 172 cm³/mol. The Labute approximate surface area is 272 Å². The number of ether oxygens (including phenoxy) is 3. The zero-order valence-corrected chi connectivity index (χ0v) is 29.4. The van der Waals surface area contributed by atoms with Gasteiger partial charge < -0.3 is 29.3 Å². The largest absolute Gasteiger partial charge is 0.444 e. The molecule has 2 atom stereocenters. The number of nitrogens with zero attached hydrogens (tertiary/aromatic N) is 6. The van der Waals surface area contributed by atoms with Crippen LogP contribution in [0.3, 0.4) is 0 Å². The molecule has 46 heavy (non-hydrogen) atoms. The van der Waals surface area contributed by atoms with E-state index in [4.69, 9.17) is 14.2 Å². The van der Waals surface area contributed by atoms with Crippen molar-refractivity contribution in [2.45, 2.75) is 118 Å². The first-order valence-corrected chi connectivity index (χ1v) is 15.9. The summed E-state index contributed by atoms with van der Waals surface area (Å²) in [5.74, 6) is -0.160. The molecule has 1 aliphatic heterocycles. The number of hydrogen-bond donors (Lipinski definition) is 2. The molecule has 4 amide bonds. The lowest BCUT2D eigenvalue weighted by Crippen LogP contribution is -2.53. The standard InChI is InChI=1S/C31H54N8O7/c1-12-21(2)23(24(40)37-16-18-38(19-17-37)28(43)46-31(9,10)11)39-20-22(35-36-39)14-13-15-32-25(33-26(41)44-29(3,4)5)34-27(42)45-30(6,7)8/h20-21,23H,12-19H2,1-11H3,(H2,32,33,34,41,42)/t21?,23-/m0/s1. The number of aryl methyl sites for hydroxylation is 1. The minimum absolute atomic E-state index is 0.00171. The third kappa shape index (κ3) is 13.6. The van der Waals surface area contributed by atoms with Crippen LogP contribution in [0.4, 0.5) is 14.4 Å². The van der Waals surface area contributed by atoms with Gasteiger partial charge in [-0.3, -0.25) is 10.1 Å². The fourth-order valence-electron chi connectivity index (χ4n) is 4.39. The summed E-state index contributed by atoms with van der Waals surface area (Å²) >= 11 is 0. The molecule has 1 fully saturated rings. The Morgan fingerprint density at radius 1 is 0.891 bits per heavy atom. The van der Waals surface area contributed by atoms with Crippen molar-refractivity contribution in [1.29, 1.82) is 0 Å². The second-order valence-corrected chi connectivity index (χ2v) is 14.4. The fourth-order valence-corrected chi connectivity index (χ4v) is 4.39. The van der Waals surface area contributed by atoms with Crippen LogP contribution in [0.1, 0.15) is 101 Å². The number of carbonyl (C=O) groups excluding carboxylic acids is 4. The topological polar surface area (TPSA) is 170 Å². The Balaban J connectivity index is 2.02. The van der Waals surface area contributed by atoms with Crippen molar-refractivity contribution in [3.63, 3.8) is 0 Å². The van der Waals surface area contributed by atoms with Crippen molar-refractivity contribution < 1.29 is 33.4 Å². The monoisotopic (exact) mass is 650 g/mol. The number of aliphatic imine (C=N–C) groups is 1. The van der Waals surface area contributed by atoms with Crippen molar-refractivity contribution in [3.8, 4) is 0 Å². The maximum atomic E-state index is 13.7. The van der Waals surface area contributed by atoms with Gasteiger partial charge in [-0.25, -0.2) is 19.1 Å². The average molecular weight is 651 g/mol. The summed E-state index contributed by atoms with van der Waals surface area (Å²) in [4.78, 5) is 58.0. The summed E-state index contributed by atoms with van der Waals surface area (Å²) in [5.41, 5.74) is -1.40. The van der Waals surface area contributed by atoms with Crippen LogP contribution < -0.4 is 10.6 Å². The van der Waals surface area contributed by atoms with E-state index >= 15 is 0 Å². The van der Waals surface area contributed by atoms with Crippen molar-refractivity contribution >= 4 is 30.1 Å². The molecule has 0 radical (unpaired) electrons. The first kappa shape index (κ1) is 38.3. The molecule has 0 saturated carbocycles. The maximum Gasteiger partial charge on any atom is 0.437 e. The molecule has 2 rings (SSSR count). The van der Waals surface area contributed by atoms with Crippen LogP contribution in [0, 0.1) is 5.92 Å². The van der Waals surface area contributed by atoms with Crippen LogP contribution >= 0.6 is 0 Å². The summed E-state index contributed by atoms with van der Waals surface area (Å²) in [6.07, 6.45) is 1.60. The van der Waals surface area contributed by atoms with Gasteiger partial charge in [0.05, 0.1) is 5.69 Å². The average Bonchev–Trinajstić information content (AvgIpc) is 3.36. The number of hydrogen-bond acceptors (Lipinski definition) is 9. The van der Waals surface area contributed by atoms with Crippen LogP contribution in [0.25, 0.3) is 0 Å². The van der Waals surface area contributed by atoms with E-state index in [1.54, 1.807) is 62.2 Å². The smallest absolute Gasteiger partial charge is 0.437 e. The Bertz CT molecular complexity index is 1220. The number of piperazine rings is 1. The second kappa shape index (κ2) is 16.1. The number of nitrogens with one attached hydrogen (secondary N) is 2. The van der Waals surface area contributed by atoms with E-state index in [-0.39, 0.29) is 23.9 Å². The van der Waals surface area contributed by atoms with Crippen LogP contribution in [0.2, 0.25) is 0 Å². The molecule has 2 N–H and O–H groups in total. The predicted octanol–water partition coefficient (Wildman–Crippen LogP) is 4.28. The first-order valence-electron chi connectivity index (χ1n) is 15.9. The summed E-state index contributed by atoms with van der Waals surface area (Å²) in [7, 11) is 0. The van der Waals surface area contributed by atoms with E-state index < -0.39 is 35.0 Å². The van der Waals surface area contributed by atoms with Crippen molar-refractivity contribution in [3.05, 3.63) is 11.9 Å². The SMILES string of the molecule is CCC(C)[C@@H](C(=O)N1CCN(C(=O)OC(C)(C)C)CC1)n1cc(CCCN/C(=N/C(=O)OC(C)(C)C)NC(=O)OC(C)(C)C)nn1. The summed E-state index contributed by atoms with van der Waals surface area (Å²) in [6, 6.07) is -0.539. The summed E-state index contributed by atoms with van der Waals surface area (Å²) in [6.45, 7) is 21.8. The summed E-state index contributed by atoms with van der Waals surface area (Å²) in [5, 5.41) is 14.0. The third-order valence-corrected chi connectivity index (χ3v) is 6.64. The molecule has 1 aromatic rings. The fraction of sp³-hybridized carbons (Fsp3) is 0.774. The van der Waals surface area contributed by atoms with E-state index in [0.717, 1.165) is 6.42 Å². The van der Waals surface area contributed by atoms with Gasteiger partial charge in [-0.1, -0.05) is 25.5 Å². The van der Waals surface area contributed by atoms with Crippen molar-refractivity contribution in [2.75, 3.05) is 32.7 Å². The molecule has 0 aromatic carbocycles. The van der Waals surface area contributed by atoms with E-state index in [0.29, 0.717) is 51.3 Å². The lowest BCUT2D eigenvalue weighted by atomic mass is 9.97. The van der Waals surface area contributed by atoms with Crippen molar-refractivity contribution in [1.82, 2.24) is 35.4 Å². The molecule has 15 nitrogen and oxygen atoms in total. The number of carbonyl (C=O) groups is 4. The Hall–Kier alpha value is -3.91. The number of aromatic nitrogens is 3. The Morgan fingerprint density at radius 2 is 1.46 bits per heavy atom. The van der Waals surface area contributed by atoms with E-state index in [9.17, 15) is 19.2 Å². The molecule has 1 aromatic heterocycles. The first-order chi connectivity index (χ1) is 21.2. The lowest BCUT2D eigenvalue weighted by Gasteiger charge is -2.37. The van der Waals surface area contributed by atoms with Crippen LogP contribution in [-0.2, 0) is 25.4 Å². The van der Waals surface area contributed by atoms with Gasteiger partial charge in [0.1, 0.15) is 22.8 Å². The molecule has 0 bridgehead atoms. The number of alkyl carbamates (subject to hydrolysis) is 1. The van der Waals surface area contributed by atoms with Crippen LogP contribution in [-0.4, -0.2) is 104 Å². The summed E-state index contributed by atoms with van der Waals surface area (Å²) < 4.78 is 17.6. The lowest BCUT2D eigenvalue weighted by molar-refractivity contribution is -0.138. The van der Waals surface area contributed by atoms with Crippen LogP contribution in [0.15, 0.2) is 11.2 Å². The molecule has 15 heteroatoms. The highest BCUT2D eigenvalue weighted by Gasteiger charge is 2.34. The quantitative estimate of drug-likeness (QED) is 0.179. The molecular weight excluding hydrogens is 596 g/mol. The highest BCUT2D eigenvalue weighted by Crippen LogP contribution is 2.24. The van der Waals surface area contributed by atoms with E-state index in [1.807, 2.05) is 34.6 Å². The molecule has 0 aliphatic carbocycles. The Kier molecular flexibility index (Phi) is 13.4. The molecule has 0 spiro atoms. The molecule has 1 unspecified atom stereocenters. The zero-order chi connectivity index (χ0) is 34.9. The van der Waals surface area contributed by atoms with Gasteiger partial charge in [0.15, 0.2) is 0 Å². The molecule has 1 saturated heterocycles. The van der Waals surface area contributed by atoms with Crippen molar-refractivity contribution in [2.24, 2.45) is 10.9 Å². The minimum Gasteiger partial charge on any atom is -0.444 e. The highest BCUT2D eigenvalue weighted by atomic mass is 16.6. The zero-order valence-electron chi connectivity index (χ0n) is 29.4. The molecule has 1 aliphatic rings. The molecule has 2 heterocycles. The second-order valence-electron chi connectivity index (χ2n) is 14.4. The van der Waals surface area contributed by atoms with Gasteiger partial charge in [-0.05, 0) is 81.1 Å². The minimum atomic E-state index is -0.860.